The molecule has 30 heavy (non-hydrogen) atoms. The van der Waals surface area contributed by atoms with Crippen LogP contribution in [-0.2, 0) is 19.7 Å². The molecule has 3 aromatic rings. The Bertz CT molecular complexity index is 934. The molecule has 0 saturated carbocycles. The molecule has 0 atom stereocenters. The summed E-state index contributed by atoms with van der Waals surface area (Å²) in [6, 6.07) is 8.49. The van der Waals surface area contributed by atoms with E-state index < -0.39 is 5.82 Å². The zero-order valence-corrected chi connectivity index (χ0v) is 19.0. The van der Waals surface area contributed by atoms with Gasteiger partial charge in [-0.3, -0.25) is 0 Å². The van der Waals surface area contributed by atoms with Crippen LogP contribution in [0.5, 0.6) is 11.5 Å². The fourth-order valence-corrected chi connectivity index (χ4v) is 3.80. The van der Waals surface area contributed by atoms with Crippen molar-refractivity contribution in [3.05, 3.63) is 75.5 Å². The van der Waals surface area contributed by atoms with Crippen molar-refractivity contribution >= 4 is 27.5 Å². The third-order valence-corrected chi connectivity index (χ3v) is 5.39. The lowest BCUT2D eigenvalue weighted by Crippen LogP contribution is -2.16. The second-order valence-electron chi connectivity index (χ2n) is 6.66. The van der Waals surface area contributed by atoms with E-state index in [4.69, 9.17) is 21.1 Å². The summed E-state index contributed by atoms with van der Waals surface area (Å²) in [5, 5.41) is 3.77. The predicted molar refractivity (Wildman–Crippen MR) is 120 cm³/mol. The van der Waals surface area contributed by atoms with Crippen LogP contribution >= 0.6 is 27.5 Å². The number of halogens is 3. The summed E-state index contributed by atoms with van der Waals surface area (Å²) in [7, 11) is 0. The highest BCUT2D eigenvalue weighted by molar-refractivity contribution is 9.10. The molecule has 0 aliphatic heterocycles. The Balaban J connectivity index is 1.61. The summed E-state index contributed by atoms with van der Waals surface area (Å²) in [4.78, 5) is 4.04. The van der Waals surface area contributed by atoms with E-state index in [1.54, 1.807) is 18.3 Å². The van der Waals surface area contributed by atoms with Crippen molar-refractivity contribution < 1.29 is 13.9 Å². The maximum absolute atomic E-state index is 14.0. The van der Waals surface area contributed by atoms with Gasteiger partial charge in [0.2, 0.25) is 0 Å². The van der Waals surface area contributed by atoms with Gasteiger partial charge in [-0.1, -0.05) is 17.7 Å². The van der Waals surface area contributed by atoms with Crippen LogP contribution in [0.2, 0.25) is 5.02 Å². The predicted octanol–water partition coefficient (Wildman–Crippen LogP) is 5.60. The zero-order valence-electron chi connectivity index (χ0n) is 16.7. The number of hydrogen-bond acceptors (Lipinski definition) is 4. The van der Waals surface area contributed by atoms with Crippen LogP contribution in [0.15, 0.2) is 53.5 Å². The number of nitrogens with zero attached hydrogens (tertiary/aromatic N) is 2. The van der Waals surface area contributed by atoms with Crippen LogP contribution in [0.1, 0.15) is 24.5 Å². The van der Waals surface area contributed by atoms with E-state index in [0.717, 1.165) is 29.5 Å². The average molecular weight is 497 g/mol. The van der Waals surface area contributed by atoms with Gasteiger partial charge in [0.15, 0.2) is 11.5 Å². The molecule has 160 valence electrons. The Hall–Kier alpha value is -2.09. The van der Waals surface area contributed by atoms with E-state index in [9.17, 15) is 4.39 Å². The molecule has 1 aromatic heterocycles. The van der Waals surface area contributed by atoms with Crippen LogP contribution in [0.25, 0.3) is 0 Å². The quantitative estimate of drug-likeness (QED) is 0.351. The summed E-state index contributed by atoms with van der Waals surface area (Å²) in [6.45, 7) is 4.91. The van der Waals surface area contributed by atoms with E-state index >= 15 is 0 Å². The molecule has 2 aromatic carbocycles. The second-order valence-corrected chi connectivity index (χ2v) is 7.92. The molecule has 0 amide bonds. The average Bonchev–Trinajstić information content (AvgIpc) is 3.23. The first-order valence-electron chi connectivity index (χ1n) is 9.75. The van der Waals surface area contributed by atoms with Crippen molar-refractivity contribution in [1.29, 1.82) is 0 Å². The monoisotopic (exact) mass is 495 g/mol. The normalized spacial score (nSPS) is 10.9. The lowest BCUT2D eigenvalue weighted by atomic mass is 10.2. The summed E-state index contributed by atoms with van der Waals surface area (Å²) in [5.74, 6) is 0.739. The third kappa shape index (κ3) is 6.20. The number of imidazole rings is 1. The first-order valence-corrected chi connectivity index (χ1v) is 10.9. The summed E-state index contributed by atoms with van der Waals surface area (Å²) < 4.78 is 28.5. The van der Waals surface area contributed by atoms with Crippen LogP contribution in [0, 0.1) is 5.82 Å². The molecule has 3 rings (SSSR count). The first kappa shape index (κ1) is 22.6. The molecule has 5 nitrogen and oxygen atoms in total. The molecule has 1 N–H and O–H groups in total. The number of ether oxygens (including phenoxy) is 2. The van der Waals surface area contributed by atoms with Gasteiger partial charge in [0.1, 0.15) is 12.4 Å². The van der Waals surface area contributed by atoms with E-state index in [0.29, 0.717) is 35.2 Å². The number of aromatic nitrogens is 2. The minimum absolute atomic E-state index is 0.00995. The first-order chi connectivity index (χ1) is 14.6. The van der Waals surface area contributed by atoms with Crippen molar-refractivity contribution in [3.63, 3.8) is 0 Å². The molecular weight excluding hydrogens is 473 g/mol. The van der Waals surface area contributed by atoms with Gasteiger partial charge in [-0.25, -0.2) is 9.37 Å². The molecule has 0 unspecified atom stereocenters. The molecule has 0 radical (unpaired) electrons. The molecule has 0 spiro atoms. The van der Waals surface area contributed by atoms with Gasteiger partial charge in [0.25, 0.3) is 0 Å². The van der Waals surface area contributed by atoms with Crippen LogP contribution in [0.4, 0.5) is 4.39 Å². The highest BCUT2D eigenvalue weighted by Crippen LogP contribution is 2.38. The fraction of sp³-hybridized carbons (Fsp3) is 0.318. The van der Waals surface area contributed by atoms with Gasteiger partial charge < -0.3 is 19.4 Å². The minimum atomic E-state index is -0.395. The van der Waals surface area contributed by atoms with Crippen LogP contribution in [-0.4, -0.2) is 22.7 Å². The van der Waals surface area contributed by atoms with E-state index in [1.807, 2.05) is 31.6 Å². The smallest absolute Gasteiger partial charge is 0.175 e. The second kappa shape index (κ2) is 11.3. The molecule has 1 heterocycles. The highest BCUT2D eigenvalue weighted by Gasteiger charge is 2.15. The number of aryl methyl sites for hydroxylation is 1. The molecule has 0 bridgehead atoms. The Morgan fingerprint density at radius 3 is 2.87 bits per heavy atom. The number of rotatable bonds is 11. The molecule has 8 heteroatoms. The molecular formula is C22H24BrClFN3O2. The molecule has 0 saturated heterocycles. The number of hydrogen-bond donors (Lipinski definition) is 1. The van der Waals surface area contributed by atoms with Gasteiger partial charge in [0, 0.05) is 31.0 Å². The zero-order chi connectivity index (χ0) is 21.3. The van der Waals surface area contributed by atoms with E-state index in [-0.39, 0.29) is 6.61 Å². The van der Waals surface area contributed by atoms with Crippen molar-refractivity contribution in [1.82, 2.24) is 14.9 Å². The van der Waals surface area contributed by atoms with Crippen molar-refractivity contribution in [2.75, 3.05) is 13.2 Å². The Morgan fingerprint density at radius 1 is 1.27 bits per heavy atom. The van der Waals surface area contributed by atoms with Crippen LogP contribution < -0.4 is 14.8 Å². The standard InChI is InChI=1S/C22H24BrClFN3O2/c1-2-29-21-12-16(13-26-7-4-9-28-10-8-27-15-28)11-18(23)22(21)30-14-17-19(24)5-3-6-20(17)25/h3,5-6,8,10-12,15,26H,2,4,7,9,13-14H2,1H3. The topological polar surface area (TPSA) is 48.3 Å². The van der Waals surface area contributed by atoms with Gasteiger partial charge in [0.05, 0.1) is 22.4 Å². The highest BCUT2D eigenvalue weighted by atomic mass is 79.9. The maximum atomic E-state index is 14.0. The van der Waals surface area contributed by atoms with E-state index in [2.05, 4.69) is 30.8 Å². The van der Waals surface area contributed by atoms with E-state index in [1.165, 1.54) is 6.07 Å². The Kier molecular flexibility index (Phi) is 8.54. The fourth-order valence-electron chi connectivity index (χ4n) is 2.98. The molecule has 0 aliphatic rings. The van der Waals surface area contributed by atoms with Gasteiger partial charge >= 0.3 is 0 Å². The maximum Gasteiger partial charge on any atom is 0.175 e. The van der Waals surface area contributed by atoms with Gasteiger partial charge in [-0.15, -0.1) is 0 Å². The number of nitrogens with one attached hydrogen (secondary N) is 1. The molecule has 0 aliphatic carbocycles. The largest absolute Gasteiger partial charge is 0.490 e. The number of benzene rings is 2. The molecule has 0 fully saturated rings. The SMILES string of the molecule is CCOc1cc(CNCCCn2ccnc2)cc(Br)c1OCc1c(F)cccc1Cl. The summed E-state index contributed by atoms with van der Waals surface area (Å²) in [6.07, 6.45) is 6.56. The van der Waals surface area contributed by atoms with Crippen molar-refractivity contribution in [3.8, 4) is 11.5 Å². The van der Waals surface area contributed by atoms with Gasteiger partial charge in [-0.05, 0) is 65.6 Å². The van der Waals surface area contributed by atoms with Crippen molar-refractivity contribution in [2.45, 2.75) is 33.0 Å². The third-order valence-electron chi connectivity index (χ3n) is 4.45. The minimum Gasteiger partial charge on any atom is -0.490 e. The van der Waals surface area contributed by atoms with Crippen LogP contribution in [0.3, 0.4) is 0 Å². The van der Waals surface area contributed by atoms with Crippen molar-refractivity contribution in [2.24, 2.45) is 0 Å². The van der Waals surface area contributed by atoms with Gasteiger partial charge in [-0.2, -0.15) is 0 Å². The summed E-state index contributed by atoms with van der Waals surface area (Å²) in [5.41, 5.74) is 1.38. The lowest BCUT2D eigenvalue weighted by molar-refractivity contribution is 0.264. The Labute approximate surface area is 189 Å². The lowest BCUT2D eigenvalue weighted by Gasteiger charge is -2.16. The summed E-state index contributed by atoms with van der Waals surface area (Å²) >= 11 is 9.66. The Morgan fingerprint density at radius 2 is 2.13 bits per heavy atom.